The molecule has 0 bridgehead atoms. The molecule has 4 unspecified atom stereocenters. The Morgan fingerprint density at radius 3 is 1.21 bits per heavy atom. The third-order valence-electron chi connectivity index (χ3n) is 16.1. The first-order valence-corrected chi connectivity index (χ1v) is 26.1. The van der Waals surface area contributed by atoms with E-state index in [1.54, 1.807) is 0 Å². The number of fused-ring (bicyclic) bond motifs is 6. The topological polar surface area (TPSA) is 164 Å². The number of carbonyl (C=O) groups is 2. The lowest BCUT2D eigenvalue weighted by molar-refractivity contribution is 0.0686. The number of hydrogen-bond donors (Lipinski definition) is 4. The average Bonchev–Trinajstić information content (AvgIpc) is 4.39. The Bertz CT molecular complexity index is 3640. The van der Waals surface area contributed by atoms with Crippen molar-refractivity contribution in [2.75, 3.05) is 9.80 Å². The summed E-state index contributed by atoms with van der Waals surface area (Å²) in [6.45, 7) is 0. The van der Waals surface area contributed by atoms with Crippen molar-refractivity contribution in [2.45, 2.75) is 62.4 Å². The van der Waals surface area contributed by atoms with Gasteiger partial charge in [0.1, 0.15) is 0 Å². The molecule has 8 heterocycles. The van der Waals surface area contributed by atoms with Crippen LogP contribution in [0, 0.1) is 0 Å². The van der Waals surface area contributed by atoms with Gasteiger partial charge in [0, 0.05) is 70.2 Å². The van der Waals surface area contributed by atoms with Gasteiger partial charge in [-0.15, -0.1) is 0 Å². The molecule has 4 aliphatic rings. The minimum Gasteiger partial charge on any atom is -0.478 e. The van der Waals surface area contributed by atoms with E-state index < -0.39 is 11.9 Å². The van der Waals surface area contributed by atoms with E-state index in [0.29, 0.717) is 58.1 Å². The first-order valence-electron chi connectivity index (χ1n) is 26.1. The molecule has 12 nitrogen and oxygen atoms in total. The fraction of sp³-hybridized carbons (Fsp3) is 0.156. The zero-order chi connectivity index (χ0) is 51.0. The number of anilines is 4. The molecule has 2 saturated carbocycles. The Kier molecular flexibility index (Phi) is 10.8. The molecule has 4 N–H and O–H groups in total. The summed E-state index contributed by atoms with van der Waals surface area (Å²) in [4.78, 5) is 56.6. The second-order valence-electron chi connectivity index (χ2n) is 20.5. The summed E-state index contributed by atoms with van der Waals surface area (Å²) in [5, 5.41) is 20.6. The third kappa shape index (κ3) is 7.83. The Balaban J connectivity index is 0.723. The van der Waals surface area contributed by atoms with Gasteiger partial charge in [-0.2, -0.15) is 0 Å². The van der Waals surface area contributed by atoms with E-state index in [1.165, 1.54) is 96.7 Å². The van der Waals surface area contributed by atoms with Gasteiger partial charge < -0.3 is 30.0 Å². The van der Waals surface area contributed by atoms with Gasteiger partial charge in [0.25, 0.3) is 0 Å². The zero-order valence-corrected chi connectivity index (χ0v) is 41.3. The molecule has 2 fully saturated rings. The summed E-state index contributed by atoms with van der Waals surface area (Å²) in [5.41, 5.74) is 17.1. The van der Waals surface area contributed by atoms with Gasteiger partial charge in [-0.1, -0.05) is 85.6 Å². The molecule has 0 amide bonds. The molecule has 0 radical (unpaired) electrons. The molecule has 4 aromatic carbocycles. The summed E-state index contributed by atoms with van der Waals surface area (Å²) in [5.74, 6) is -1.24. The van der Waals surface area contributed by atoms with Crippen molar-refractivity contribution in [3.8, 4) is 79.2 Å². The maximum absolute atomic E-state index is 12.6. The van der Waals surface area contributed by atoms with Crippen LogP contribution in [0.15, 0.2) is 182 Å². The number of carboxylic acid groups (broad SMARTS) is 2. The van der Waals surface area contributed by atoms with Gasteiger partial charge in [0.15, 0.2) is 0 Å². The molecule has 6 aromatic heterocycles. The largest absolute Gasteiger partial charge is 0.478 e. The Labute approximate surface area is 438 Å². The van der Waals surface area contributed by atoms with E-state index in [2.05, 4.69) is 129 Å². The number of nitrogens with one attached hydrogen (secondary N) is 2. The molecule has 4 atom stereocenters. The van der Waals surface area contributed by atoms with Crippen molar-refractivity contribution in [2.24, 2.45) is 0 Å². The molecular weight excluding hydrogens is 945 g/mol. The van der Waals surface area contributed by atoms with Gasteiger partial charge >= 0.3 is 11.9 Å². The van der Waals surface area contributed by atoms with E-state index in [0.717, 1.165) is 33.6 Å². The highest BCUT2D eigenvalue weighted by atomic mass is 16.4. The summed E-state index contributed by atoms with van der Waals surface area (Å²) in [6, 6.07) is 57.3. The van der Waals surface area contributed by atoms with Crippen LogP contribution >= 0.6 is 0 Å². The van der Waals surface area contributed by atoms with Crippen molar-refractivity contribution < 1.29 is 19.8 Å². The number of aromatic amines is 2. The molecule has 10 aromatic rings. The highest BCUT2D eigenvalue weighted by Gasteiger charge is 2.43. The molecular formula is C64H50N8O4. The lowest BCUT2D eigenvalue weighted by Crippen LogP contribution is -2.26. The summed E-state index contributed by atoms with van der Waals surface area (Å²) in [6.07, 6.45) is 11.0. The lowest BCUT2D eigenvalue weighted by Gasteiger charge is -2.27. The van der Waals surface area contributed by atoms with Crippen LogP contribution in [0.25, 0.3) is 79.2 Å². The van der Waals surface area contributed by atoms with E-state index in [-0.39, 0.29) is 22.5 Å². The SMILES string of the molecule is O=C(O)c1cc(-c2cc(C(=O)O)cc(-c3ccc(-c4ccc(-c5ccc6c(c5)N(c5ccccc5)C5CCCC65)cn4)[nH]3)n2)nc(-c2ccc(-c3ccc(-c4ccc5c(c4)N(c4ccccc4)C4CCCC54)cn3)[nH]2)c1. The molecule has 12 heteroatoms. The number of carboxylic acids is 2. The van der Waals surface area contributed by atoms with Crippen LogP contribution < -0.4 is 9.80 Å². The van der Waals surface area contributed by atoms with Crippen LogP contribution in [0.5, 0.6) is 0 Å². The van der Waals surface area contributed by atoms with E-state index in [9.17, 15) is 19.8 Å². The fourth-order valence-corrected chi connectivity index (χ4v) is 12.6. The fourth-order valence-electron chi connectivity index (χ4n) is 12.6. The van der Waals surface area contributed by atoms with Crippen LogP contribution in [0.3, 0.4) is 0 Å². The number of nitrogens with zero attached hydrogens (tertiary/aromatic N) is 6. The van der Waals surface area contributed by atoms with E-state index >= 15 is 0 Å². The number of rotatable bonds is 11. The molecule has 0 saturated heterocycles. The smallest absolute Gasteiger partial charge is 0.335 e. The van der Waals surface area contributed by atoms with Crippen molar-refractivity contribution in [3.05, 3.63) is 205 Å². The standard InChI is InChI=1S/C64H50N8O4/c73-63(74)41-29-55(53-27-25-51(67-53)49-23-19-39(35-65-49)37-17-21-47-45-13-7-15-59(45)71(61(47)33-37)43-9-3-1-4-10-43)69-57(31-41)58-32-42(64(75)76)30-56(70-58)54-28-26-52(68-54)50-24-20-40(36-66-50)38-18-22-48-46-14-8-16-60(46)72(62(48)34-38)44-11-5-2-6-12-44/h1-6,9-12,17-36,45-46,59-60,67-68H,7-8,13-16H2,(H,73,74)(H,75,76). The number of para-hydroxylation sites is 2. The highest BCUT2D eigenvalue weighted by molar-refractivity contribution is 5.93. The molecule has 14 rings (SSSR count). The maximum atomic E-state index is 12.6. The number of aromatic carboxylic acids is 2. The summed E-state index contributed by atoms with van der Waals surface area (Å²) in [7, 11) is 0. The molecule has 76 heavy (non-hydrogen) atoms. The van der Waals surface area contributed by atoms with Crippen LogP contribution in [-0.4, -0.2) is 64.1 Å². The van der Waals surface area contributed by atoms with Crippen LogP contribution in [0.1, 0.15) is 82.2 Å². The molecule has 2 aliphatic carbocycles. The Morgan fingerprint density at radius 1 is 0.421 bits per heavy atom. The van der Waals surface area contributed by atoms with E-state index in [1.807, 2.05) is 48.8 Å². The number of benzene rings is 4. The molecule has 2 aliphatic heterocycles. The second kappa shape index (κ2) is 18.2. The Hall–Kier alpha value is -9.42. The van der Waals surface area contributed by atoms with Crippen molar-refractivity contribution in [3.63, 3.8) is 0 Å². The van der Waals surface area contributed by atoms with Crippen LogP contribution in [0.4, 0.5) is 22.7 Å². The second-order valence-corrected chi connectivity index (χ2v) is 20.5. The van der Waals surface area contributed by atoms with Crippen LogP contribution in [-0.2, 0) is 0 Å². The van der Waals surface area contributed by atoms with Crippen molar-refractivity contribution >= 4 is 34.7 Å². The van der Waals surface area contributed by atoms with Gasteiger partial charge in [0.05, 0.1) is 68.1 Å². The lowest BCUT2D eigenvalue weighted by atomic mass is 9.95. The van der Waals surface area contributed by atoms with Gasteiger partial charge in [-0.05, 0) is 145 Å². The minimum atomic E-state index is -1.16. The number of aromatic nitrogens is 6. The predicted octanol–water partition coefficient (Wildman–Crippen LogP) is 14.6. The van der Waals surface area contributed by atoms with Gasteiger partial charge in [-0.25, -0.2) is 19.6 Å². The highest BCUT2D eigenvalue weighted by Crippen LogP contribution is 2.54. The average molecular weight is 995 g/mol. The minimum absolute atomic E-state index is 0.0286. The van der Waals surface area contributed by atoms with Crippen LogP contribution in [0.2, 0.25) is 0 Å². The number of pyridine rings is 4. The monoisotopic (exact) mass is 994 g/mol. The quantitative estimate of drug-likeness (QED) is 0.0980. The summed E-state index contributed by atoms with van der Waals surface area (Å²) < 4.78 is 0. The third-order valence-corrected chi connectivity index (χ3v) is 16.1. The van der Waals surface area contributed by atoms with E-state index in [4.69, 9.17) is 19.9 Å². The first-order chi connectivity index (χ1) is 37.3. The van der Waals surface area contributed by atoms with Crippen molar-refractivity contribution in [1.29, 1.82) is 0 Å². The van der Waals surface area contributed by atoms with Gasteiger partial charge in [0.2, 0.25) is 0 Å². The van der Waals surface area contributed by atoms with Crippen molar-refractivity contribution in [1.82, 2.24) is 29.9 Å². The number of H-pyrrole nitrogens is 2. The zero-order valence-electron chi connectivity index (χ0n) is 41.3. The predicted molar refractivity (Wildman–Crippen MR) is 296 cm³/mol. The number of hydrogen-bond acceptors (Lipinski definition) is 8. The Morgan fingerprint density at radius 2 is 0.816 bits per heavy atom. The van der Waals surface area contributed by atoms with Gasteiger partial charge in [-0.3, -0.25) is 9.97 Å². The maximum Gasteiger partial charge on any atom is 0.335 e. The summed E-state index contributed by atoms with van der Waals surface area (Å²) >= 11 is 0. The molecule has 0 spiro atoms. The molecule has 370 valence electrons. The normalized spacial score (nSPS) is 18.1. The first kappa shape index (κ1) is 45.2.